The Bertz CT molecular complexity index is 502. The molecule has 0 fully saturated rings. The first-order chi connectivity index (χ1) is 9.72. The minimum absolute atomic E-state index is 0.238. The van der Waals surface area contributed by atoms with Crippen LogP contribution >= 0.6 is 11.6 Å². The Kier molecular flexibility index (Phi) is 8.31. The van der Waals surface area contributed by atoms with E-state index in [4.69, 9.17) is 38.3 Å². The number of hydrogen-bond donors (Lipinski definition) is 4. The minimum Gasteiger partial charge on any atom is -0.482 e. The van der Waals surface area contributed by atoms with Gasteiger partial charge in [0.15, 0.2) is 12.6 Å². The highest BCUT2D eigenvalue weighted by atomic mass is 35.5. The standard InChI is InChI=1S/C8H7ClO3.C4H11N5/c9-6-1-3-7(4-2-6)12-5-8(10)11;1-9(2)4(7)8-3(5)6/h1-4H,5H2,(H,10,11);1-2H3,(H5,5,6,7,8). The predicted octanol–water partition coefficient (Wildman–Crippen LogP) is 0.560. The Morgan fingerprint density at radius 3 is 2.24 bits per heavy atom. The first kappa shape index (κ1) is 18.5. The number of nitrogens with one attached hydrogen (secondary N) is 1. The molecule has 0 heterocycles. The predicted molar refractivity (Wildman–Crippen MR) is 81.8 cm³/mol. The summed E-state index contributed by atoms with van der Waals surface area (Å²) in [6, 6.07) is 6.51. The van der Waals surface area contributed by atoms with E-state index in [1.807, 2.05) is 0 Å². The average Bonchev–Trinajstić information content (AvgIpc) is 2.38. The molecular formula is C12H18ClN5O3. The Morgan fingerprint density at radius 2 is 1.90 bits per heavy atom. The molecule has 0 atom stereocenters. The quantitative estimate of drug-likeness (QED) is 0.475. The maximum Gasteiger partial charge on any atom is 0.341 e. The van der Waals surface area contributed by atoms with Gasteiger partial charge < -0.3 is 26.2 Å². The van der Waals surface area contributed by atoms with Gasteiger partial charge >= 0.3 is 5.97 Å². The van der Waals surface area contributed by atoms with Gasteiger partial charge in [-0.15, -0.1) is 0 Å². The summed E-state index contributed by atoms with van der Waals surface area (Å²) in [6.45, 7) is -0.332. The Morgan fingerprint density at radius 1 is 1.38 bits per heavy atom. The van der Waals surface area contributed by atoms with E-state index in [0.717, 1.165) is 0 Å². The van der Waals surface area contributed by atoms with Crippen LogP contribution in [0.4, 0.5) is 0 Å². The fraction of sp³-hybridized carbons (Fsp3) is 0.250. The Balaban J connectivity index is 0.000000400. The molecule has 0 spiro atoms. The maximum atomic E-state index is 10.1. The number of aliphatic imine (C=N–C) groups is 1. The van der Waals surface area contributed by atoms with Gasteiger partial charge in [0.2, 0.25) is 5.96 Å². The zero-order valence-corrected chi connectivity index (χ0v) is 12.5. The van der Waals surface area contributed by atoms with Crippen LogP contribution in [-0.2, 0) is 4.79 Å². The maximum absolute atomic E-state index is 10.1. The number of halogens is 1. The largest absolute Gasteiger partial charge is 0.482 e. The molecule has 116 valence electrons. The molecule has 0 saturated heterocycles. The number of benzene rings is 1. The fourth-order valence-electron chi connectivity index (χ4n) is 0.899. The molecule has 0 saturated carbocycles. The number of nitrogens with two attached hydrogens (primary N) is 2. The summed E-state index contributed by atoms with van der Waals surface area (Å²) in [5.74, 6) is -0.532. The smallest absolute Gasteiger partial charge is 0.341 e. The van der Waals surface area contributed by atoms with E-state index in [-0.39, 0.29) is 18.5 Å². The zero-order valence-electron chi connectivity index (χ0n) is 11.7. The second kappa shape index (κ2) is 9.43. The topological polar surface area (TPSA) is 138 Å². The second-order valence-electron chi connectivity index (χ2n) is 3.89. The van der Waals surface area contributed by atoms with Crippen molar-refractivity contribution in [1.29, 1.82) is 5.41 Å². The molecule has 1 aromatic rings. The van der Waals surface area contributed by atoms with Gasteiger partial charge in [0.25, 0.3) is 0 Å². The molecule has 0 aliphatic carbocycles. The normalized spacial score (nSPS) is 10.1. The van der Waals surface area contributed by atoms with Crippen molar-refractivity contribution in [3.63, 3.8) is 0 Å². The average molecular weight is 316 g/mol. The number of carbonyl (C=O) groups is 1. The van der Waals surface area contributed by atoms with E-state index in [0.29, 0.717) is 10.8 Å². The molecule has 0 bridgehead atoms. The van der Waals surface area contributed by atoms with Crippen LogP contribution in [0, 0.1) is 5.41 Å². The van der Waals surface area contributed by atoms with Crippen LogP contribution in [0.25, 0.3) is 0 Å². The molecule has 9 heteroatoms. The van der Waals surface area contributed by atoms with Crippen LogP contribution in [0.5, 0.6) is 5.75 Å². The van der Waals surface area contributed by atoms with E-state index in [9.17, 15) is 4.79 Å². The van der Waals surface area contributed by atoms with Gasteiger partial charge in [-0.2, -0.15) is 4.99 Å². The van der Waals surface area contributed by atoms with Crippen molar-refractivity contribution >= 4 is 29.5 Å². The summed E-state index contributed by atoms with van der Waals surface area (Å²) >= 11 is 5.60. The zero-order chi connectivity index (χ0) is 16.4. The van der Waals surface area contributed by atoms with Gasteiger partial charge in [-0.05, 0) is 24.3 Å². The van der Waals surface area contributed by atoms with Gasteiger partial charge in [0, 0.05) is 19.1 Å². The number of hydrogen-bond acceptors (Lipinski definition) is 3. The molecular weight excluding hydrogens is 298 g/mol. The molecule has 0 unspecified atom stereocenters. The van der Waals surface area contributed by atoms with Crippen molar-refractivity contribution in [3.05, 3.63) is 29.3 Å². The molecule has 0 amide bonds. The number of aliphatic carboxylic acids is 1. The lowest BCUT2D eigenvalue weighted by molar-refractivity contribution is -0.139. The number of rotatable bonds is 3. The molecule has 21 heavy (non-hydrogen) atoms. The van der Waals surface area contributed by atoms with E-state index in [2.05, 4.69) is 4.99 Å². The monoisotopic (exact) mass is 315 g/mol. The lowest BCUT2D eigenvalue weighted by Crippen LogP contribution is -2.32. The lowest BCUT2D eigenvalue weighted by Gasteiger charge is -2.08. The molecule has 0 aliphatic heterocycles. The van der Waals surface area contributed by atoms with Gasteiger partial charge in [0.05, 0.1) is 0 Å². The van der Waals surface area contributed by atoms with Crippen LogP contribution in [0.2, 0.25) is 5.02 Å². The molecule has 0 aromatic heterocycles. The van der Waals surface area contributed by atoms with Crippen molar-refractivity contribution in [2.45, 2.75) is 0 Å². The van der Waals surface area contributed by atoms with Crippen LogP contribution < -0.4 is 16.2 Å². The van der Waals surface area contributed by atoms with E-state index in [1.165, 1.54) is 0 Å². The van der Waals surface area contributed by atoms with Gasteiger partial charge in [-0.1, -0.05) is 11.6 Å². The van der Waals surface area contributed by atoms with Gasteiger partial charge in [-0.3, -0.25) is 5.41 Å². The van der Waals surface area contributed by atoms with Crippen molar-refractivity contribution in [2.75, 3.05) is 20.7 Å². The molecule has 0 aliphatic rings. The summed E-state index contributed by atoms with van der Waals surface area (Å²) in [5, 5.41) is 15.6. The number of guanidine groups is 2. The summed E-state index contributed by atoms with van der Waals surface area (Å²) < 4.78 is 4.86. The number of carboxylic acids is 1. The fourth-order valence-corrected chi connectivity index (χ4v) is 1.03. The number of ether oxygens (including phenoxy) is 1. The van der Waals surface area contributed by atoms with E-state index in [1.54, 1.807) is 43.3 Å². The van der Waals surface area contributed by atoms with Crippen molar-refractivity contribution in [1.82, 2.24) is 4.90 Å². The Labute approximate surface area is 127 Å². The molecule has 6 N–H and O–H groups in total. The highest BCUT2D eigenvalue weighted by Crippen LogP contribution is 2.15. The third-order valence-electron chi connectivity index (χ3n) is 1.87. The first-order valence-corrected chi connectivity index (χ1v) is 6.05. The SMILES string of the molecule is CN(C)C(N)=NC(=N)N.O=C(O)COc1ccc(Cl)cc1. The third kappa shape index (κ3) is 10.0. The third-order valence-corrected chi connectivity index (χ3v) is 2.12. The summed E-state index contributed by atoms with van der Waals surface area (Å²) in [6.07, 6.45) is 0. The summed E-state index contributed by atoms with van der Waals surface area (Å²) in [5.41, 5.74) is 10.2. The van der Waals surface area contributed by atoms with Crippen LogP contribution in [0.3, 0.4) is 0 Å². The first-order valence-electron chi connectivity index (χ1n) is 5.68. The molecule has 0 radical (unpaired) electrons. The van der Waals surface area contributed by atoms with Crippen molar-refractivity contribution in [2.24, 2.45) is 16.5 Å². The van der Waals surface area contributed by atoms with Crippen LogP contribution in [-0.4, -0.2) is 48.6 Å². The van der Waals surface area contributed by atoms with Crippen LogP contribution in [0.15, 0.2) is 29.3 Å². The number of nitrogens with zero attached hydrogens (tertiary/aromatic N) is 2. The highest BCUT2D eigenvalue weighted by molar-refractivity contribution is 6.30. The van der Waals surface area contributed by atoms with Gasteiger partial charge in [-0.25, -0.2) is 4.79 Å². The lowest BCUT2D eigenvalue weighted by atomic mass is 10.3. The number of carboxylic acid groups (broad SMARTS) is 1. The van der Waals surface area contributed by atoms with Crippen LogP contribution in [0.1, 0.15) is 0 Å². The molecule has 8 nitrogen and oxygen atoms in total. The van der Waals surface area contributed by atoms with E-state index >= 15 is 0 Å². The molecule has 1 rings (SSSR count). The Hall–Kier alpha value is -2.48. The minimum atomic E-state index is -0.995. The second-order valence-corrected chi connectivity index (χ2v) is 4.32. The van der Waals surface area contributed by atoms with E-state index < -0.39 is 5.97 Å². The van der Waals surface area contributed by atoms with Crippen molar-refractivity contribution < 1.29 is 14.6 Å². The van der Waals surface area contributed by atoms with Crippen molar-refractivity contribution in [3.8, 4) is 5.75 Å². The van der Waals surface area contributed by atoms with Gasteiger partial charge in [0.1, 0.15) is 5.75 Å². The summed E-state index contributed by atoms with van der Waals surface area (Å²) in [7, 11) is 3.45. The summed E-state index contributed by atoms with van der Waals surface area (Å²) in [4.78, 5) is 15.1. The highest BCUT2D eigenvalue weighted by Gasteiger charge is 1.97. The molecule has 1 aromatic carbocycles.